The fourth-order valence-corrected chi connectivity index (χ4v) is 3.72. The Morgan fingerprint density at radius 3 is 2.33 bits per heavy atom. The van der Waals surface area contributed by atoms with Gasteiger partial charge in [-0.25, -0.2) is 4.79 Å². The molecule has 160 valence electrons. The molecule has 5 nitrogen and oxygen atoms in total. The molecule has 0 fully saturated rings. The predicted molar refractivity (Wildman–Crippen MR) is 107 cm³/mol. The van der Waals surface area contributed by atoms with Crippen molar-refractivity contribution in [2.24, 2.45) is 0 Å². The normalized spacial score (nSPS) is 19.0. The molecular formula is C20H17Cl2F3N2O3. The first-order valence-electron chi connectivity index (χ1n) is 8.64. The van der Waals surface area contributed by atoms with Crippen LogP contribution >= 0.6 is 23.2 Å². The molecule has 2 N–H and O–H groups in total. The zero-order chi connectivity index (χ0) is 22.3. The van der Waals surface area contributed by atoms with Gasteiger partial charge >= 0.3 is 12.1 Å². The van der Waals surface area contributed by atoms with E-state index in [0.717, 1.165) is 18.2 Å². The Balaban J connectivity index is 2.12. The number of nitrogens with zero attached hydrogens (tertiary/aromatic N) is 1. The number of nitrogens with one attached hydrogen (secondary N) is 1. The van der Waals surface area contributed by atoms with E-state index in [4.69, 9.17) is 28.0 Å². The van der Waals surface area contributed by atoms with Gasteiger partial charge in [0.1, 0.15) is 0 Å². The Morgan fingerprint density at radius 1 is 1.17 bits per heavy atom. The first kappa shape index (κ1) is 22.4. The molecule has 0 saturated carbocycles. The molecule has 0 aromatic heterocycles. The fourth-order valence-electron chi connectivity index (χ4n) is 3.20. The van der Waals surface area contributed by atoms with Crippen LogP contribution in [0.15, 0.2) is 42.5 Å². The van der Waals surface area contributed by atoms with Crippen molar-refractivity contribution in [1.82, 2.24) is 10.4 Å². The largest absolute Gasteiger partial charge is 0.478 e. The average molecular weight is 461 g/mol. The molecule has 2 aromatic rings. The summed E-state index contributed by atoms with van der Waals surface area (Å²) in [5.41, 5.74) is 0.127. The van der Waals surface area contributed by atoms with Gasteiger partial charge in [0.2, 0.25) is 5.60 Å². The van der Waals surface area contributed by atoms with Gasteiger partial charge < -0.3 is 10.0 Å². The minimum Gasteiger partial charge on any atom is -0.478 e. The lowest BCUT2D eigenvalue weighted by Gasteiger charge is -2.28. The molecule has 1 unspecified atom stereocenters. The summed E-state index contributed by atoms with van der Waals surface area (Å²) in [6, 6.07) is 7.87. The maximum absolute atomic E-state index is 14.1. The highest BCUT2D eigenvalue weighted by molar-refractivity contribution is 6.34. The minimum absolute atomic E-state index is 0.0330. The number of carbonyl (C=O) groups is 1. The van der Waals surface area contributed by atoms with E-state index >= 15 is 0 Å². The van der Waals surface area contributed by atoms with Gasteiger partial charge in [-0.15, -0.1) is 0 Å². The lowest BCUT2D eigenvalue weighted by atomic mass is 9.91. The Morgan fingerprint density at radius 2 is 1.80 bits per heavy atom. The molecule has 0 saturated heterocycles. The molecule has 10 heteroatoms. The summed E-state index contributed by atoms with van der Waals surface area (Å²) in [4.78, 5) is 18.3. The lowest BCUT2D eigenvalue weighted by Crippen LogP contribution is -2.42. The lowest BCUT2D eigenvalue weighted by molar-refractivity contribution is -0.269. The Kier molecular flexibility index (Phi) is 6.06. The third kappa shape index (κ3) is 4.27. The van der Waals surface area contributed by atoms with Gasteiger partial charge in [0.05, 0.1) is 11.3 Å². The fraction of sp³-hybridized carbons (Fsp3) is 0.250. The number of hydroxylamine groups is 1. The average Bonchev–Trinajstić information content (AvgIpc) is 3.06. The minimum atomic E-state index is -4.83. The van der Waals surface area contributed by atoms with Crippen molar-refractivity contribution in [3.8, 4) is 0 Å². The molecule has 2 aromatic carbocycles. The number of benzene rings is 2. The smallest absolute Gasteiger partial charge is 0.428 e. The molecule has 0 aliphatic carbocycles. The number of rotatable bonds is 5. The van der Waals surface area contributed by atoms with Crippen LogP contribution < -0.4 is 5.48 Å². The Hall–Kier alpha value is -2.26. The quantitative estimate of drug-likeness (QED) is 0.650. The molecule has 30 heavy (non-hydrogen) atoms. The maximum atomic E-state index is 14.1. The first-order chi connectivity index (χ1) is 13.9. The van der Waals surface area contributed by atoms with Crippen molar-refractivity contribution in [2.75, 3.05) is 14.1 Å². The predicted octanol–water partition coefficient (Wildman–Crippen LogP) is 5.09. The monoisotopic (exact) mass is 460 g/mol. The van der Waals surface area contributed by atoms with E-state index in [2.05, 4.69) is 5.48 Å². The molecule has 0 radical (unpaired) electrons. The third-order valence-corrected chi connectivity index (χ3v) is 4.95. The van der Waals surface area contributed by atoms with Crippen LogP contribution in [0.1, 0.15) is 27.0 Å². The highest BCUT2D eigenvalue weighted by Crippen LogP contribution is 2.48. The topological polar surface area (TPSA) is 61.8 Å². The first-order valence-corrected chi connectivity index (χ1v) is 9.40. The van der Waals surface area contributed by atoms with Crippen LogP contribution in [0.2, 0.25) is 10.0 Å². The van der Waals surface area contributed by atoms with Crippen molar-refractivity contribution in [1.29, 1.82) is 0 Å². The van der Waals surface area contributed by atoms with Gasteiger partial charge in [0.15, 0.2) is 0 Å². The third-order valence-electron chi connectivity index (χ3n) is 4.52. The summed E-state index contributed by atoms with van der Waals surface area (Å²) in [6.07, 6.45) is -3.94. The summed E-state index contributed by atoms with van der Waals surface area (Å²) in [5, 5.41) is 9.44. The second-order valence-corrected chi connectivity index (χ2v) is 7.94. The van der Waals surface area contributed by atoms with E-state index < -0.39 is 17.7 Å². The molecule has 1 atom stereocenters. The number of alkyl halides is 3. The molecule has 0 amide bonds. The van der Waals surface area contributed by atoms with Gasteiger partial charge in [-0.1, -0.05) is 29.3 Å². The second kappa shape index (κ2) is 8.11. The van der Waals surface area contributed by atoms with Crippen LogP contribution in [-0.2, 0) is 17.0 Å². The highest BCUT2D eigenvalue weighted by atomic mass is 35.5. The molecule has 1 heterocycles. The van der Waals surface area contributed by atoms with Crippen LogP contribution in [-0.4, -0.2) is 36.2 Å². The zero-order valence-corrected chi connectivity index (χ0v) is 17.4. The number of carboxylic acids is 1. The molecule has 1 aliphatic rings. The van der Waals surface area contributed by atoms with Crippen molar-refractivity contribution in [2.45, 2.75) is 18.3 Å². The summed E-state index contributed by atoms with van der Waals surface area (Å²) in [6.45, 7) is 0.290. The molecular weight excluding hydrogens is 444 g/mol. The second-order valence-electron chi connectivity index (χ2n) is 7.07. The van der Waals surface area contributed by atoms with Gasteiger partial charge in [-0.2, -0.15) is 13.2 Å². The Bertz CT molecular complexity index is 1000. The summed E-state index contributed by atoms with van der Waals surface area (Å²) >= 11 is 11.8. The van der Waals surface area contributed by atoms with E-state index in [0.29, 0.717) is 11.1 Å². The van der Waals surface area contributed by atoms with E-state index in [1.54, 1.807) is 19.0 Å². The van der Waals surface area contributed by atoms with Crippen molar-refractivity contribution in [3.63, 3.8) is 0 Å². The van der Waals surface area contributed by atoms with Crippen molar-refractivity contribution in [3.05, 3.63) is 74.8 Å². The van der Waals surface area contributed by atoms with E-state index in [-0.39, 0.29) is 33.4 Å². The SMILES string of the molecule is CN(C)Cc1cc(C2=CC(c3cc(Cl)cc(Cl)c3)(C(F)(F)F)ON2)ccc1C(=O)O. The number of hydrogen-bond acceptors (Lipinski definition) is 4. The summed E-state index contributed by atoms with van der Waals surface area (Å²) in [7, 11) is 3.51. The number of halogens is 5. The van der Waals surface area contributed by atoms with E-state index in [1.807, 2.05) is 0 Å². The number of carboxylic acid groups (broad SMARTS) is 1. The Labute approximate surface area is 180 Å². The summed E-state index contributed by atoms with van der Waals surface area (Å²) < 4.78 is 42.3. The summed E-state index contributed by atoms with van der Waals surface area (Å²) in [5.74, 6) is -1.12. The standard InChI is InChI=1S/C20H17Cl2F3N2O3/c1-27(2)10-12-5-11(3-4-16(12)18(28)29)17-9-19(30-26-17,20(23,24)25)13-6-14(21)8-15(22)7-13/h3-9,26H,10H2,1-2H3,(H,28,29). The number of hydrogen-bond donors (Lipinski definition) is 2. The van der Waals surface area contributed by atoms with Crippen molar-refractivity contribution < 1.29 is 27.9 Å². The van der Waals surface area contributed by atoms with E-state index in [1.165, 1.54) is 24.3 Å². The van der Waals surface area contributed by atoms with Crippen LogP contribution in [0.5, 0.6) is 0 Å². The van der Waals surface area contributed by atoms with E-state index in [9.17, 15) is 23.1 Å². The highest BCUT2D eigenvalue weighted by Gasteiger charge is 2.59. The van der Waals surface area contributed by atoms with Gasteiger partial charge in [0, 0.05) is 27.7 Å². The van der Waals surface area contributed by atoms with Gasteiger partial charge in [-0.3, -0.25) is 10.3 Å². The molecule has 1 aliphatic heterocycles. The van der Waals surface area contributed by atoms with Gasteiger partial charge in [-0.05, 0) is 56.1 Å². The molecule has 0 spiro atoms. The van der Waals surface area contributed by atoms with Crippen LogP contribution in [0, 0.1) is 0 Å². The van der Waals surface area contributed by atoms with Crippen LogP contribution in [0.4, 0.5) is 13.2 Å². The zero-order valence-electron chi connectivity index (χ0n) is 15.8. The number of aromatic carboxylic acids is 1. The van der Waals surface area contributed by atoms with Crippen LogP contribution in [0.3, 0.4) is 0 Å². The molecule has 3 rings (SSSR count). The molecule has 0 bridgehead atoms. The van der Waals surface area contributed by atoms with Crippen molar-refractivity contribution >= 4 is 34.9 Å². The maximum Gasteiger partial charge on any atom is 0.428 e. The van der Waals surface area contributed by atoms with Crippen LogP contribution in [0.25, 0.3) is 5.70 Å². The van der Waals surface area contributed by atoms with Gasteiger partial charge in [0.25, 0.3) is 0 Å².